The van der Waals surface area contributed by atoms with Crippen molar-refractivity contribution >= 4 is 61.7 Å². The highest BCUT2D eigenvalue weighted by atomic mass is 28.3. The lowest BCUT2D eigenvalue weighted by Crippen LogP contribution is -2.74. The number of rotatable bonds is 12. The van der Waals surface area contributed by atoms with E-state index in [1.807, 2.05) is 54.6 Å². The number of aromatic nitrogens is 4. The van der Waals surface area contributed by atoms with Gasteiger partial charge in [-0.25, -0.2) is 4.98 Å². The lowest BCUT2D eigenvalue weighted by molar-refractivity contribution is -0.571. The van der Waals surface area contributed by atoms with Gasteiger partial charge in [-0.2, -0.15) is 0 Å². The van der Waals surface area contributed by atoms with Gasteiger partial charge in [-0.1, -0.05) is 245 Å². The highest BCUT2D eigenvalue weighted by Crippen LogP contribution is 2.39. The molecule has 0 unspecified atom stereocenters. The van der Waals surface area contributed by atoms with Crippen molar-refractivity contribution in [3.05, 3.63) is 308 Å². The third kappa shape index (κ3) is 9.14. The molecule has 0 aliphatic rings. The summed E-state index contributed by atoms with van der Waals surface area (Å²) in [6.45, 7) is 3.43. The third-order valence-electron chi connectivity index (χ3n) is 14.6. The van der Waals surface area contributed by atoms with Crippen LogP contribution in [-0.2, 0) is 5.41 Å². The first-order chi connectivity index (χ1) is 51.9. The summed E-state index contributed by atoms with van der Waals surface area (Å²) in [6.07, 6.45) is 5.17. The Labute approximate surface area is 524 Å². The molecule has 14 aromatic rings. The number of hydrogen-bond acceptors (Lipinski definition) is 2. The SMILES string of the molecule is [2H]c1c([2H])c([2H])c(-c2ccc3c(c2)n(-c2cccc(Oc4ccc5c6ccccc6n(-c6cc(C(C)(C)C)ccn6)c5c4)c2)[c-][n+]3-c2c(-c3ccccc3C([2H])([2H])[2H])cccc2-c2c([2H])c([2H])c([2H])c([Si](c3c([2H])c([2H])c([2H])c([2H])c3[2H])(c3c([2H])c([2H])c([2H])c([2H])c3[2H])c3c([2H])c([2H])c([2H])c([2H])c3[2H])c2[2H])c([2H])c1[2H]. The second-order valence-electron chi connectivity index (χ2n) is 20.5. The number of imidazole rings is 1. The normalized spacial score (nSPS) is 16.6. The maximum absolute atomic E-state index is 10.9. The van der Waals surface area contributed by atoms with E-state index >= 15 is 0 Å². The molecule has 83 heavy (non-hydrogen) atoms. The van der Waals surface area contributed by atoms with Crippen LogP contribution >= 0.6 is 0 Å². The molecule has 0 fully saturated rings. The minimum Gasteiger partial charge on any atom is -0.458 e. The van der Waals surface area contributed by atoms with Gasteiger partial charge >= 0.3 is 0 Å². The summed E-state index contributed by atoms with van der Waals surface area (Å²) < 4.78 is 264. The van der Waals surface area contributed by atoms with E-state index in [1.54, 1.807) is 30.5 Å². The number of para-hydroxylation sites is 2. The zero-order chi connectivity index (χ0) is 79.5. The van der Waals surface area contributed by atoms with E-state index in [2.05, 4.69) is 31.7 Å². The van der Waals surface area contributed by atoms with Crippen LogP contribution in [0.4, 0.5) is 0 Å². The van der Waals surface area contributed by atoms with Gasteiger partial charge in [-0.05, 0) is 132 Å². The van der Waals surface area contributed by atoms with E-state index in [0.29, 0.717) is 11.6 Å². The molecule has 0 amide bonds. The van der Waals surface area contributed by atoms with Crippen LogP contribution in [0, 0.1) is 13.2 Å². The second-order valence-corrected chi connectivity index (χ2v) is 24.0. The standard InChI is InChI=1S/C77H60N4OSi/c1-54-24-17-18-37-66(54)70-40-23-39-67(57-27-21-36-65(48-57)83(62-30-11-6-12-31-62,63-32-13-7-14-33-63)64-34-15-8-16-35-64)76(70)80-53-79(74-49-56(42-45-72(74)80)55-25-9-5-10-26-55)59-28-22-29-60(51-59)82-61-43-44-69-68-38-19-20-41-71(68)81(73(69)52-61)75-50-58(46-47-78-75)77(2,3)4/h5-52H,1-4H3/i1D3,5D,6D,7D,8D,9D,10D,11D,12D,13D,14D,15D,16D,21D,25D,26D,27D,30D,31D,32D,33D,34D,35D,36D,48D. The van der Waals surface area contributed by atoms with Crippen molar-refractivity contribution < 1.29 is 46.3 Å². The summed E-state index contributed by atoms with van der Waals surface area (Å²) >= 11 is 0. The van der Waals surface area contributed by atoms with Crippen molar-refractivity contribution in [1.29, 1.82) is 0 Å². The van der Waals surface area contributed by atoms with Crippen LogP contribution in [-0.4, -0.2) is 22.2 Å². The number of pyridine rings is 1. The molecule has 3 aromatic heterocycles. The van der Waals surface area contributed by atoms with E-state index in [1.165, 1.54) is 69.8 Å². The molecule has 11 aromatic carbocycles. The minimum atomic E-state index is -6.42. The van der Waals surface area contributed by atoms with Gasteiger partial charge in [0.05, 0.1) is 66.3 Å². The zero-order valence-electron chi connectivity index (χ0n) is 71.6. The van der Waals surface area contributed by atoms with Gasteiger partial charge in [0.25, 0.3) is 6.33 Å². The van der Waals surface area contributed by atoms with Gasteiger partial charge in [0.15, 0.2) is 8.07 Å². The summed E-state index contributed by atoms with van der Waals surface area (Å²) in [4.78, 5) is 4.83. The molecule has 5 nitrogen and oxygen atoms in total. The van der Waals surface area contributed by atoms with Gasteiger partial charge in [0.2, 0.25) is 0 Å². The summed E-state index contributed by atoms with van der Waals surface area (Å²) in [5.41, 5.74) is 1.37. The molecule has 0 bridgehead atoms. The maximum atomic E-state index is 10.9. The van der Waals surface area contributed by atoms with Crippen LogP contribution in [0.5, 0.6) is 11.5 Å². The van der Waals surface area contributed by atoms with Crippen LogP contribution in [0.15, 0.2) is 291 Å². The minimum absolute atomic E-state index is 0.00593. The highest BCUT2D eigenvalue weighted by Gasteiger charge is 2.41. The van der Waals surface area contributed by atoms with Crippen molar-refractivity contribution in [2.75, 3.05) is 0 Å². The Morgan fingerprint density at radius 3 is 1.87 bits per heavy atom. The molecule has 6 heteroatoms. The largest absolute Gasteiger partial charge is 0.458 e. The second kappa shape index (κ2) is 21.1. The Bertz CT molecular complexity index is 6040. The highest BCUT2D eigenvalue weighted by molar-refractivity contribution is 7.19. The molecular weight excluding hydrogens is 1020 g/mol. The van der Waals surface area contributed by atoms with Gasteiger partial charge in [-0.15, -0.1) is 0 Å². The average molecular weight is 1110 g/mol. The molecule has 0 aliphatic carbocycles. The quantitative estimate of drug-likeness (QED) is 0.0529. The van der Waals surface area contributed by atoms with Gasteiger partial charge < -0.3 is 4.74 Å². The first-order valence-electron chi connectivity index (χ1n) is 39.8. The molecule has 0 atom stereocenters. The fourth-order valence-electron chi connectivity index (χ4n) is 10.8. The molecule has 0 radical (unpaired) electrons. The summed E-state index contributed by atoms with van der Waals surface area (Å²) in [7, 11) is -6.42. The van der Waals surface area contributed by atoms with Crippen LogP contribution in [0.2, 0.25) is 0 Å². The van der Waals surface area contributed by atoms with E-state index in [4.69, 9.17) is 24.8 Å². The number of ether oxygens (including phenoxy) is 1. The Balaban J connectivity index is 1.11. The monoisotopic (exact) mass is 1110 g/mol. The first-order valence-corrected chi connectivity index (χ1v) is 28.3. The third-order valence-corrected chi connectivity index (χ3v) is 18.6. The zero-order valence-corrected chi connectivity index (χ0v) is 45.6. The molecule has 398 valence electrons. The Morgan fingerprint density at radius 2 is 1.13 bits per heavy atom. The molecule has 3 heterocycles. The van der Waals surface area contributed by atoms with Crippen LogP contribution in [0.25, 0.3) is 83.4 Å². The lowest BCUT2D eigenvalue weighted by atomic mass is 9.88. The number of benzene rings is 11. The topological polar surface area (TPSA) is 35.9 Å². The fourth-order valence-corrected chi connectivity index (χ4v) is 14.3. The maximum Gasteiger partial charge on any atom is 0.269 e. The number of aryl methyl sites for hydroxylation is 1. The smallest absolute Gasteiger partial charge is 0.269 e. The van der Waals surface area contributed by atoms with Crippen LogP contribution in [0.1, 0.15) is 68.9 Å². The van der Waals surface area contributed by atoms with Gasteiger partial charge in [0.1, 0.15) is 17.3 Å². The number of fused-ring (bicyclic) bond motifs is 4. The molecule has 0 saturated carbocycles. The first kappa shape index (κ1) is 29.5. The predicted octanol–water partition coefficient (Wildman–Crippen LogP) is 16.0. The Morgan fingerprint density at radius 1 is 0.506 bits per heavy atom. The van der Waals surface area contributed by atoms with Crippen molar-refractivity contribution in [2.45, 2.75) is 33.0 Å². The average Bonchev–Trinajstić information content (AvgIpc) is 0.845. The van der Waals surface area contributed by atoms with E-state index in [0.717, 1.165) is 27.4 Å². The van der Waals surface area contributed by atoms with E-state index in [9.17, 15) is 21.9 Å². The van der Waals surface area contributed by atoms with Gasteiger partial charge in [-0.3, -0.25) is 13.7 Å². The van der Waals surface area contributed by atoms with Crippen LogP contribution < -0.4 is 30.1 Å². The van der Waals surface area contributed by atoms with E-state index < -0.39 is 186 Å². The Hall–Kier alpha value is -10.1. The molecule has 0 aliphatic heterocycles. The lowest BCUT2D eigenvalue weighted by Gasteiger charge is -2.34. The number of nitrogens with zero attached hydrogens (tertiary/aromatic N) is 4. The fraction of sp³-hybridized carbons (Fsp3) is 0.0649. The molecule has 0 saturated heterocycles. The van der Waals surface area contributed by atoms with Crippen molar-refractivity contribution in [3.8, 4) is 62.1 Å². The predicted molar refractivity (Wildman–Crippen MR) is 346 cm³/mol. The molecule has 0 spiro atoms. The van der Waals surface area contributed by atoms with Crippen molar-refractivity contribution in [2.24, 2.45) is 0 Å². The van der Waals surface area contributed by atoms with Crippen molar-refractivity contribution in [1.82, 2.24) is 14.1 Å². The molecule has 14 rings (SSSR count). The van der Waals surface area contributed by atoms with E-state index in [-0.39, 0.29) is 67.0 Å². The summed E-state index contributed by atoms with van der Waals surface area (Å²) in [6, 6.07) is 13.9. The summed E-state index contributed by atoms with van der Waals surface area (Å²) in [5.74, 6) is 1.30. The van der Waals surface area contributed by atoms with Crippen LogP contribution in [0.3, 0.4) is 0 Å². The number of hydrogen-bond donors (Lipinski definition) is 0. The Kier molecular flexibility index (Phi) is 7.50. The molecular formula is C77H60N4OSi. The van der Waals surface area contributed by atoms with Crippen molar-refractivity contribution in [3.63, 3.8) is 0 Å². The molecule has 0 N–H and O–H groups in total. The summed E-state index contributed by atoms with van der Waals surface area (Å²) in [5, 5.41) is -2.40. The van der Waals surface area contributed by atoms with Gasteiger partial charge in [0, 0.05) is 27.1 Å².